The normalized spacial score (nSPS) is 11.5. The van der Waals surface area contributed by atoms with Crippen molar-refractivity contribution in [2.45, 2.75) is 11.8 Å². The monoisotopic (exact) mass is 335 g/mol. The predicted octanol–water partition coefficient (Wildman–Crippen LogP) is 1.56. The Morgan fingerprint density at radius 2 is 1.78 bits per heavy atom. The van der Waals surface area contributed by atoms with Crippen LogP contribution in [-0.2, 0) is 10.0 Å². The van der Waals surface area contributed by atoms with E-state index in [1.807, 2.05) is 32.0 Å². The fourth-order valence-electron chi connectivity index (χ4n) is 1.87. The van der Waals surface area contributed by atoms with E-state index in [4.69, 9.17) is 0 Å². The third-order valence-electron chi connectivity index (χ3n) is 3.07. The lowest BCUT2D eigenvalue weighted by Gasteiger charge is -2.11. The van der Waals surface area contributed by atoms with Crippen molar-refractivity contribution in [1.29, 1.82) is 0 Å². The molecule has 1 heterocycles. The topological polar surface area (TPSA) is 87.2 Å². The number of aryl methyl sites for hydroxylation is 1. The molecule has 2 N–H and O–H groups in total. The Morgan fingerprint density at radius 1 is 1.09 bits per heavy atom. The van der Waals surface area contributed by atoms with Gasteiger partial charge in [0.25, 0.3) is 10.0 Å². The molecule has 0 saturated carbocycles. The molecule has 8 heteroatoms. The average Bonchev–Trinajstić information content (AvgIpc) is 2.48. The molecule has 0 spiro atoms. The van der Waals surface area contributed by atoms with Gasteiger partial charge in [0.2, 0.25) is 0 Å². The number of hydrogen-bond donors (Lipinski definition) is 2. The van der Waals surface area contributed by atoms with Gasteiger partial charge in [0.05, 0.1) is 4.90 Å². The number of benzene rings is 1. The molecule has 23 heavy (non-hydrogen) atoms. The number of nitrogens with one attached hydrogen (secondary N) is 2. The molecule has 0 bridgehead atoms. The second-order valence-electron chi connectivity index (χ2n) is 5.46. The van der Waals surface area contributed by atoms with Crippen LogP contribution in [0.1, 0.15) is 5.56 Å². The van der Waals surface area contributed by atoms with E-state index >= 15 is 0 Å². The maximum absolute atomic E-state index is 12.3. The molecule has 2 aromatic rings. The highest BCUT2D eigenvalue weighted by atomic mass is 32.2. The lowest BCUT2D eigenvalue weighted by Crippen LogP contribution is -2.21. The van der Waals surface area contributed by atoms with E-state index in [1.165, 1.54) is 0 Å². The number of hydrogen-bond acceptors (Lipinski definition) is 6. The van der Waals surface area contributed by atoms with Gasteiger partial charge in [-0.3, -0.25) is 4.72 Å². The largest absolute Gasteiger partial charge is 0.367 e. The van der Waals surface area contributed by atoms with E-state index in [0.717, 1.165) is 18.7 Å². The molecule has 0 aliphatic carbocycles. The van der Waals surface area contributed by atoms with Crippen molar-refractivity contribution in [1.82, 2.24) is 15.1 Å². The van der Waals surface area contributed by atoms with Gasteiger partial charge in [-0.05, 0) is 50.8 Å². The molecule has 7 nitrogen and oxygen atoms in total. The van der Waals surface area contributed by atoms with Crippen molar-refractivity contribution in [3.8, 4) is 0 Å². The zero-order chi connectivity index (χ0) is 16.9. The summed E-state index contributed by atoms with van der Waals surface area (Å²) in [5, 5.41) is 11.0. The van der Waals surface area contributed by atoms with Crippen molar-refractivity contribution >= 4 is 21.7 Å². The van der Waals surface area contributed by atoms with Crippen LogP contribution in [0.15, 0.2) is 41.3 Å². The molecule has 0 atom stereocenters. The minimum Gasteiger partial charge on any atom is -0.367 e. The van der Waals surface area contributed by atoms with E-state index in [-0.39, 0.29) is 10.7 Å². The van der Waals surface area contributed by atoms with E-state index in [0.29, 0.717) is 5.82 Å². The third-order valence-corrected chi connectivity index (χ3v) is 4.42. The molecule has 0 amide bonds. The van der Waals surface area contributed by atoms with Crippen molar-refractivity contribution < 1.29 is 8.42 Å². The van der Waals surface area contributed by atoms with Crippen molar-refractivity contribution in [2.75, 3.05) is 37.2 Å². The Kier molecular flexibility index (Phi) is 5.51. The molecular formula is C15H21N5O2S. The van der Waals surface area contributed by atoms with Gasteiger partial charge in [0.15, 0.2) is 5.82 Å². The van der Waals surface area contributed by atoms with Gasteiger partial charge in [-0.15, -0.1) is 10.2 Å². The summed E-state index contributed by atoms with van der Waals surface area (Å²) in [4.78, 5) is 2.25. The fraction of sp³-hybridized carbons (Fsp3) is 0.333. The summed E-state index contributed by atoms with van der Waals surface area (Å²) < 4.78 is 27.0. The summed E-state index contributed by atoms with van der Waals surface area (Å²) in [5.74, 6) is 0.787. The number of sulfonamides is 1. The molecule has 0 aliphatic heterocycles. The van der Waals surface area contributed by atoms with Gasteiger partial charge in [0.1, 0.15) is 5.82 Å². The lowest BCUT2D eigenvalue weighted by molar-refractivity contribution is 0.425. The number of likely N-dealkylation sites (N-methyl/N-ethyl adjacent to an activating group) is 1. The maximum Gasteiger partial charge on any atom is 0.263 e. The summed E-state index contributed by atoms with van der Waals surface area (Å²) >= 11 is 0. The molecule has 0 saturated heterocycles. The highest BCUT2D eigenvalue weighted by Crippen LogP contribution is 2.15. The van der Waals surface area contributed by atoms with Gasteiger partial charge >= 0.3 is 0 Å². The molecular weight excluding hydrogens is 314 g/mol. The second kappa shape index (κ2) is 7.38. The lowest BCUT2D eigenvalue weighted by atomic mass is 10.2. The zero-order valence-electron chi connectivity index (χ0n) is 13.4. The van der Waals surface area contributed by atoms with Crippen molar-refractivity contribution in [3.05, 3.63) is 42.0 Å². The molecule has 1 aromatic heterocycles. The van der Waals surface area contributed by atoms with Gasteiger partial charge < -0.3 is 10.2 Å². The summed E-state index contributed by atoms with van der Waals surface area (Å²) in [7, 11) is 0.309. The Bertz CT molecular complexity index is 745. The summed E-state index contributed by atoms with van der Waals surface area (Å²) in [6.07, 6.45) is 0. The van der Waals surface area contributed by atoms with Crippen LogP contribution < -0.4 is 10.0 Å². The Morgan fingerprint density at radius 3 is 2.39 bits per heavy atom. The van der Waals surface area contributed by atoms with Gasteiger partial charge in [0, 0.05) is 13.1 Å². The fourth-order valence-corrected chi connectivity index (χ4v) is 2.97. The summed E-state index contributed by atoms with van der Waals surface area (Å²) in [5.41, 5.74) is 0.874. The van der Waals surface area contributed by atoms with Crippen LogP contribution in [0.4, 0.5) is 11.6 Å². The molecule has 0 radical (unpaired) electrons. The van der Waals surface area contributed by atoms with E-state index in [2.05, 4.69) is 20.2 Å². The molecule has 0 fully saturated rings. The Labute approximate surface area is 136 Å². The molecule has 1 aromatic carbocycles. The first-order valence-electron chi connectivity index (χ1n) is 7.19. The van der Waals surface area contributed by atoms with E-state index < -0.39 is 10.0 Å². The van der Waals surface area contributed by atoms with E-state index in [9.17, 15) is 8.42 Å². The minimum atomic E-state index is -3.66. The minimum absolute atomic E-state index is 0.185. The number of nitrogens with zero attached hydrogens (tertiary/aromatic N) is 3. The Balaban J connectivity index is 2.03. The standard InChI is InChI=1S/C15H21N5O2S/c1-12-5-4-6-13(11-12)23(21,22)19-15-8-7-14(17-18-15)16-9-10-20(2)3/h4-8,11H,9-10H2,1-3H3,(H,16,17)(H,18,19). The van der Waals surface area contributed by atoms with Crippen LogP contribution in [0.3, 0.4) is 0 Å². The van der Waals surface area contributed by atoms with Crippen LogP contribution >= 0.6 is 0 Å². The van der Waals surface area contributed by atoms with Crippen LogP contribution in [0, 0.1) is 6.92 Å². The van der Waals surface area contributed by atoms with Crippen LogP contribution in [-0.4, -0.2) is 50.7 Å². The molecule has 2 rings (SSSR count). The van der Waals surface area contributed by atoms with Crippen LogP contribution in [0.5, 0.6) is 0 Å². The first-order valence-corrected chi connectivity index (χ1v) is 8.67. The quantitative estimate of drug-likeness (QED) is 0.798. The molecule has 124 valence electrons. The van der Waals surface area contributed by atoms with Crippen molar-refractivity contribution in [3.63, 3.8) is 0 Å². The van der Waals surface area contributed by atoms with Crippen molar-refractivity contribution in [2.24, 2.45) is 0 Å². The summed E-state index contributed by atoms with van der Waals surface area (Å²) in [6, 6.07) is 9.96. The molecule has 0 aliphatic rings. The average molecular weight is 335 g/mol. The maximum atomic E-state index is 12.3. The number of rotatable bonds is 7. The smallest absolute Gasteiger partial charge is 0.263 e. The van der Waals surface area contributed by atoms with Gasteiger partial charge in [-0.2, -0.15) is 0 Å². The summed E-state index contributed by atoms with van der Waals surface area (Å²) in [6.45, 7) is 3.44. The first kappa shape index (κ1) is 17.2. The van der Waals surface area contributed by atoms with E-state index in [1.54, 1.807) is 30.3 Å². The predicted molar refractivity (Wildman–Crippen MR) is 91.1 cm³/mol. The first-order chi connectivity index (χ1) is 10.9. The zero-order valence-corrected chi connectivity index (χ0v) is 14.3. The highest BCUT2D eigenvalue weighted by Gasteiger charge is 2.15. The second-order valence-corrected chi connectivity index (χ2v) is 7.14. The Hall–Kier alpha value is -2.19. The van der Waals surface area contributed by atoms with Gasteiger partial charge in [-0.25, -0.2) is 8.42 Å². The number of anilines is 2. The van der Waals surface area contributed by atoms with Crippen LogP contribution in [0.25, 0.3) is 0 Å². The third kappa shape index (κ3) is 5.19. The molecule has 0 unspecified atom stereocenters. The highest BCUT2D eigenvalue weighted by molar-refractivity contribution is 7.92. The van der Waals surface area contributed by atoms with Crippen LogP contribution in [0.2, 0.25) is 0 Å². The SMILES string of the molecule is Cc1cccc(S(=O)(=O)Nc2ccc(NCCN(C)C)nn2)c1. The number of aromatic nitrogens is 2. The van der Waals surface area contributed by atoms with Gasteiger partial charge in [-0.1, -0.05) is 12.1 Å².